The molecule has 2 rings (SSSR count). The molecular weight excluding hydrogens is 327 g/mol. The standard InChI is InChI=1S/C14H19FN2O5S/c1-23(20,21)10-14(4-6-22-7-5-14)9-16-12-3-2-11(15)8-13(12)17(18)19/h2-3,8,16H,4-7,9-10H2,1H3. The highest BCUT2D eigenvalue weighted by atomic mass is 32.2. The van der Waals surface area contributed by atoms with Gasteiger partial charge in [-0.3, -0.25) is 10.1 Å². The Kier molecular flexibility index (Phi) is 5.20. The smallest absolute Gasteiger partial charge is 0.295 e. The second-order valence-electron chi connectivity index (χ2n) is 5.95. The van der Waals surface area contributed by atoms with Crippen molar-refractivity contribution in [3.8, 4) is 0 Å². The molecule has 0 radical (unpaired) electrons. The summed E-state index contributed by atoms with van der Waals surface area (Å²) in [6.45, 7) is 1.14. The first-order valence-corrected chi connectivity index (χ1v) is 9.20. The van der Waals surface area contributed by atoms with E-state index in [1.165, 1.54) is 12.3 Å². The maximum absolute atomic E-state index is 13.2. The molecule has 1 fully saturated rings. The lowest BCUT2D eigenvalue weighted by atomic mass is 9.82. The predicted octanol–water partition coefficient (Wildman–Crippen LogP) is 1.99. The van der Waals surface area contributed by atoms with Crippen molar-refractivity contribution in [2.45, 2.75) is 12.8 Å². The first-order valence-electron chi connectivity index (χ1n) is 7.14. The first-order chi connectivity index (χ1) is 10.7. The molecule has 0 saturated carbocycles. The molecule has 0 unspecified atom stereocenters. The lowest BCUT2D eigenvalue weighted by molar-refractivity contribution is -0.384. The lowest BCUT2D eigenvalue weighted by Gasteiger charge is -2.36. The van der Waals surface area contributed by atoms with Crippen LogP contribution < -0.4 is 5.32 Å². The van der Waals surface area contributed by atoms with Gasteiger partial charge in [0.25, 0.3) is 5.69 Å². The average Bonchev–Trinajstić information content (AvgIpc) is 2.45. The number of ether oxygens (including phenoxy) is 1. The molecular formula is C14H19FN2O5S. The van der Waals surface area contributed by atoms with Crippen LogP contribution in [0.1, 0.15) is 12.8 Å². The summed E-state index contributed by atoms with van der Waals surface area (Å²) >= 11 is 0. The van der Waals surface area contributed by atoms with Crippen LogP contribution in [0.5, 0.6) is 0 Å². The molecule has 1 heterocycles. The molecule has 7 nitrogen and oxygen atoms in total. The first kappa shape index (κ1) is 17.6. The quantitative estimate of drug-likeness (QED) is 0.625. The molecule has 1 aromatic rings. The van der Waals surface area contributed by atoms with E-state index in [0.29, 0.717) is 26.1 Å². The summed E-state index contributed by atoms with van der Waals surface area (Å²) in [4.78, 5) is 10.3. The number of anilines is 1. The van der Waals surface area contributed by atoms with E-state index in [1.807, 2.05) is 0 Å². The van der Waals surface area contributed by atoms with Crippen molar-refractivity contribution in [2.24, 2.45) is 5.41 Å². The number of nitrogens with one attached hydrogen (secondary N) is 1. The van der Waals surface area contributed by atoms with Gasteiger partial charge in [0.15, 0.2) is 0 Å². The van der Waals surface area contributed by atoms with Crippen molar-refractivity contribution in [3.63, 3.8) is 0 Å². The zero-order valence-corrected chi connectivity index (χ0v) is 13.6. The van der Waals surface area contributed by atoms with E-state index < -0.39 is 26.0 Å². The summed E-state index contributed by atoms with van der Waals surface area (Å²) in [6, 6.07) is 3.26. The summed E-state index contributed by atoms with van der Waals surface area (Å²) in [5.74, 6) is -0.718. The van der Waals surface area contributed by atoms with Crippen LogP contribution in [0.3, 0.4) is 0 Å². The van der Waals surface area contributed by atoms with Crippen LogP contribution >= 0.6 is 0 Å². The minimum Gasteiger partial charge on any atom is -0.381 e. The van der Waals surface area contributed by atoms with Gasteiger partial charge < -0.3 is 10.1 Å². The molecule has 0 atom stereocenters. The summed E-state index contributed by atoms with van der Waals surface area (Å²) in [5, 5.41) is 13.9. The van der Waals surface area contributed by atoms with Gasteiger partial charge in [-0.2, -0.15) is 0 Å². The molecule has 128 valence electrons. The van der Waals surface area contributed by atoms with Gasteiger partial charge in [0.05, 0.1) is 16.7 Å². The highest BCUT2D eigenvalue weighted by molar-refractivity contribution is 7.90. The van der Waals surface area contributed by atoms with E-state index in [0.717, 1.165) is 12.1 Å². The molecule has 1 aliphatic rings. The van der Waals surface area contributed by atoms with E-state index in [9.17, 15) is 22.9 Å². The molecule has 0 aliphatic carbocycles. The van der Waals surface area contributed by atoms with Gasteiger partial charge in [-0.05, 0) is 25.0 Å². The molecule has 9 heteroatoms. The highest BCUT2D eigenvalue weighted by Crippen LogP contribution is 2.34. The SMILES string of the molecule is CS(=O)(=O)CC1(CNc2ccc(F)cc2[N+](=O)[O-])CCOCC1. The van der Waals surface area contributed by atoms with E-state index >= 15 is 0 Å². The number of halogens is 1. The Morgan fingerprint density at radius 3 is 2.61 bits per heavy atom. The summed E-state index contributed by atoms with van der Waals surface area (Å²) in [5.41, 5.74) is -0.740. The number of benzene rings is 1. The number of hydrogen-bond donors (Lipinski definition) is 1. The van der Waals surface area contributed by atoms with Crippen LogP contribution in [0.2, 0.25) is 0 Å². The van der Waals surface area contributed by atoms with E-state index in [-0.39, 0.29) is 23.7 Å². The fraction of sp³-hybridized carbons (Fsp3) is 0.571. The van der Waals surface area contributed by atoms with Gasteiger partial charge in [0.1, 0.15) is 21.3 Å². The number of hydrogen-bond acceptors (Lipinski definition) is 6. The van der Waals surface area contributed by atoms with Crippen LogP contribution in [-0.2, 0) is 14.6 Å². The summed E-state index contributed by atoms with van der Waals surface area (Å²) < 4.78 is 41.9. The third-order valence-electron chi connectivity index (χ3n) is 3.93. The monoisotopic (exact) mass is 346 g/mol. The van der Waals surface area contributed by atoms with E-state index in [2.05, 4.69) is 5.32 Å². The Morgan fingerprint density at radius 1 is 1.39 bits per heavy atom. The van der Waals surface area contributed by atoms with Crippen LogP contribution in [0.15, 0.2) is 18.2 Å². The Labute approximate surface area is 133 Å². The molecule has 1 saturated heterocycles. The minimum absolute atomic E-state index is 0.0225. The number of nitrogens with zero attached hydrogens (tertiary/aromatic N) is 1. The summed E-state index contributed by atoms with van der Waals surface area (Å²) in [7, 11) is -3.21. The normalized spacial score (nSPS) is 17.7. The van der Waals surface area contributed by atoms with Crippen LogP contribution in [-0.4, -0.2) is 45.1 Å². The van der Waals surface area contributed by atoms with Crippen molar-refractivity contribution < 1.29 is 22.5 Å². The van der Waals surface area contributed by atoms with Gasteiger partial charge in [-0.15, -0.1) is 0 Å². The molecule has 0 bridgehead atoms. The summed E-state index contributed by atoms with van der Waals surface area (Å²) in [6.07, 6.45) is 2.26. The molecule has 0 aromatic heterocycles. The van der Waals surface area contributed by atoms with Crippen LogP contribution in [0.25, 0.3) is 0 Å². The Hall–Kier alpha value is -1.74. The minimum atomic E-state index is -3.21. The third-order valence-corrected chi connectivity index (χ3v) is 5.07. The highest BCUT2D eigenvalue weighted by Gasteiger charge is 2.36. The maximum atomic E-state index is 13.2. The Bertz CT molecular complexity index is 686. The van der Waals surface area contributed by atoms with Gasteiger partial charge in [-0.25, -0.2) is 12.8 Å². The van der Waals surface area contributed by atoms with Crippen molar-refractivity contribution in [3.05, 3.63) is 34.1 Å². The second kappa shape index (κ2) is 6.79. The van der Waals surface area contributed by atoms with Crippen LogP contribution in [0, 0.1) is 21.3 Å². The molecule has 1 N–H and O–H groups in total. The number of nitro groups is 1. The Morgan fingerprint density at radius 2 is 2.04 bits per heavy atom. The zero-order valence-electron chi connectivity index (χ0n) is 12.7. The maximum Gasteiger partial charge on any atom is 0.295 e. The van der Waals surface area contributed by atoms with Crippen molar-refractivity contribution in [1.29, 1.82) is 0 Å². The second-order valence-corrected chi connectivity index (χ2v) is 8.09. The Balaban J connectivity index is 2.20. The molecule has 1 aromatic carbocycles. The van der Waals surface area contributed by atoms with Gasteiger partial charge in [-0.1, -0.05) is 0 Å². The average molecular weight is 346 g/mol. The van der Waals surface area contributed by atoms with Crippen molar-refractivity contribution >= 4 is 21.2 Å². The number of rotatable bonds is 6. The van der Waals surface area contributed by atoms with E-state index in [1.54, 1.807) is 0 Å². The number of sulfone groups is 1. The molecule has 1 aliphatic heterocycles. The van der Waals surface area contributed by atoms with Gasteiger partial charge in [0.2, 0.25) is 0 Å². The third kappa shape index (κ3) is 4.87. The van der Waals surface area contributed by atoms with Gasteiger partial charge in [0, 0.05) is 31.4 Å². The molecule has 23 heavy (non-hydrogen) atoms. The fourth-order valence-corrected chi connectivity index (χ4v) is 4.32. The predicted molar refractivity (Wildman–Crippen MR) is 83.7 cm³/mol. The molecule has 0 spiro atoms. The van der Waals surface area contributed by atoms with Crippen molar-refractivity contribution in [1.82, 2.24) is 0 Å². The largest absolute Gasteiger partial charge is 0.381 e. The van der Waals surface area contributed by atoms with E-state index in [4.69, 9.17) is 4.74 Å². The fourth-order valence-electron chi connectivity index (χ4n) is 2.82. The zero-order chi connectivity index (χ0) is 17.1. The number of nitro benzene ring substituents is 1. The molecule has 0 amide bonds. The van der Waals surface area contributed by atoms with Gasteiger partial charge >= 0.3 is 0 Å². The topological polar surface area (TPSA) is 98.5 Å². The lowest BCUT2D eigenvalue weighted by Crippen LogP contribution is -2.41. The van der Waals surface area contributed by atoms with Crippen molar-refractivity contribution in [2.75, 3.05) is 37.1 Å². The van der Waals surface area contributed by atoms with Crippen LogP contribution in [0.4, 0.5) is 15.8 Å².